The van der Waals surface area contributed by atoms with Crippen molar-refractivity contribution in [2.24, 2.45) is 5.10 Å². The molecule has 0 radical (unpaired) electrons. The first kappa shape index (κ1) is 16.5. The molecule has 1 aromatic carbocycles. The van der Waals surface area contributed by atoms with Gasteiger partial charge in [0.25, 0.3) is 0 Å². The lowest BCUT2D eigenvalue weighted by Crippen LogP contribution is -2.41. The molecule has 0 heterocycles. The van der Waals surface area contributed by atoms with Crippen molar-refractivity contribution in [1.82, 2.24) is 10.7 Å². The first-order chi connectivity index (χ1) is 9.88. The van der Waals surface area contributed by atoms with E-state index < -0.39 is 18.4 Å². The minimum atomic E-state index is -2.89. The van der Waals surface area contributed by atoms with Gasteiger partial charge in [0.05, 0.1) is 6.21 Å². The van der Waals surface area contributed by atoms with Gasteiger partial charge >= 0.3 is 18.4 Å². The molecule has 0 bridgehead atoms. The molecule has 1 rings (SSSR count). The van der Waals surface area contributed by atoms with Crippen LogP contribution in [0.25, 0.3) is 0 Å². The summed E-state index contributed by atoms with van der Waals surface area (Å²) in [4.78, 5) is 22.6. The van der Waals surface area contributed by atoms with Crippen LogP contribution >= 0.6 is 0 Å². The largest absolute Gasteiger partial charge is 0.435 e. The van der Waals surface area contributed by atoms with E-state index >= 15 is 0 Å². The second kappa shape index (κ2) is 7.93. The van der Waals surface area contributed by atoms with E-state index in [0.29, 0.717) is 5.56 Å². The van der Waals surface area contributed by atoms with E-state index in [1.807, 2.05) is 0 Å². The fourth-order valence-corrected chi connectivity index (χ4v) is 1.28. The van der Waals surface area contributed by atoms with E-state index in [0.717, 1.165) is 0 Å². The van der Waals surface area contributed by atoms with Crippen molar-refractivity contribution >= 4 is 18.0 Å². The van der Waals surface area contributed by atoms with Crippen molar-refractivity contribution < 1.29 is 23.1 Å². The van der Waals surface area contributed by atoms with Gasteiger partial charge in [0.1, 0.15) is 5.75 Å². The molecule has 0 saturated heterocycles. The summed E-state index contributed by atoms with van der Waals surface area (Å²) in [6.45, 7) is 0.554. The Balaban J connectivity index is 2.49. The van der Waals surface area contributed by atoms with Crippen LogP contribution in [0.1, 0.15) is 19.4 Å². The molecular weight excluding hydrogens is 284 g/mol. The summed E-state index contributed by atoms with van der Waals surface area (Å²) in [5, 5.41) is 5.99. The Labute approximate surface area is 120 Å². The fraction of sp³-hybridized carbons (Fsp3) is 0.308. The van der Waals surface area contributed by atoms with Gasteiger partial charge in [-0.05, 0) is 43.7 Å². The zero-order valence-electron chi connectivity index (χ0n) is 11.5. The molecule has 0 aromatic heterocycles. The second-order valence-corrected chi connectivity index (χ2v) is 4.27. The molecule has 2 N–H and O–H groups in total. The summed E-state index contributed by atoms with van der Waals surface area (Å²) in [5.41, 5.74) is 2.59. The fourth-order valence-electron chi connectivity index (χ4n) is 1.28. The lowest BCUT2D eigenvalue weighted by molar-refractivity contribution is -0.139. The van der Waals surface area contributed by atoms with E-state index in [1.165, 1.54) is 30.5 Å². The summed E-state index contributed by atoms with van der Waals surface area (Å²) >= 11 is 0. The number of rotatable bonds is 5. The second-order valence-electron chi connectivity index (χ2n) is 4.27. The van der Waals surface area contributed by atoms with Crippen molar-refractivity contribution in [1.29, 1.82) is 0 Å². The molecule has 0 aliphatic heterocycles. The minimum Gasteiger partial charge on any atom is -0.435 e. The number of halogens is 2. The van der Waals surface area contributed by atoms with Crippen LogP contribution in [0.2, 0.25) is 0 Å². The summed E-state index contributed by atoms with van der Waals surface area (Å²) in [6.07, 6.45) is 1.27. The first-order valence-corrected chi connectivity index (χ1v) is 6.07. The highest BCUT2D eigenvalue weighted by molar-refractivity contribution is 6.35. The van der Waals surface area contributed by atoms with E-state index in [-0.39, 0.29) is 11.8 Å². The maximum absolute atomic E-state index is 11.9. The van der Waals surface area contributed by atoms with Gasteiger partial charge in [-0.1, -0.05) is 0 Å². The smallest absolute Gasteiger partial charge is 0.387 e. The number of amides is 2. The van der Waals surface area contributed by atoms with E-state index in [2.05, 4.69) is 20.6 Å². The maximum Gasteiger partial charge on any atom is 0.387 e. The Morgan fingerprint density at radius 3 is 2.33 bits per heavy atom. The van der Waals surface area contributed by atoms with Gasteiger partial charge in [0.15, 0.2) is 0 Å². The molecule has 0 aliphatic rings. The van der Waals surface area contributed by atoms with Gasteiger partial charge < -0.3 is 10.1 Å². The topological polar surface area (TPSA) is 79.8 Å². The number of nitrogens with one attached hydrogen (secondary N) is 2. The zero-order valence-corrected chi connectivity index (χ0v) is 11.5. The zero-order chi connectivity index (χ0) is 15.8. The van der Waals surface area contributed by atoms with Gasteiger partial charge in [0, 0.05) is 6.04 Å². The molecule has 0 unspecified atom stereocenters. The summed E-state index contributed by atoms with van der Waals surface area (Å²) in [5.74, 6) is -1.66. The van der Waals surface area contributed by atoms with Crippen molar-refractivity contribution in [2.45, 2.75) is 26.5 Å². The Hall–Kier alpha value is -2.51. The van der Waals surface area contributed by atoms with Crippen LogP contribution in [-0.2, 0) is 9.59 Å². The number of hydrogen-bond donors (Lipinski definition) is 2. The van der Waals surface area contributed by atoms with Crippen molar-refractivity contribution in [2.75, 3.05) is 0 Å². The minimum absolute atomic E-state index is 0.0162. The highest BCUT2D eigenvalue weighted by Gasteiger charge is 2.12. The summed E-state index contributed by atoms with van der Waals surface area (Å²) < 4.78 is 28.1. The third-order valence-corrected chi connectivity index (χ3v) is 2.11. The molecule has 2 amide bonds. The van der Waals surface area contributed by atoms with Crippen molar-refractivity contribution in [3.8, 4) is 5.75 Å². The standard InChI is InChI=1S/C13H15F2N3O3/c1-8(2)17-11(19)12(20)18-16-7-9-3-5-10(6-4-9)21-13(14)15/h3-8,13H,1-2H3,(H,17,19)(H,18,20)/b16-7-. The molecule has 114 valence electrons. The number of ether oxygens (including phenoxy) is 1. The third-order valence-electron chi connectivity index (χ3n) is 2.11. The number of carbonyl (C=O) groups is 2. The van der Waals surface area contributed by atoms with Gasteiger partial charge in [0.2, 0.25) is 0 Å². The predicted molar refractivity (Wildman–Crippen MR) is 72.1 cm³/mol. The quantitative estimate of drug-likeness (QED) is 0.488. The van der Waals surface area contributed by atoms with Crippen molar-refractivity contribution in [3.63, 3.8) is 0 Å². The number of carbonyl (C=O) groups excluding carboxylic acids is 2. The van der Waals surface area contributed by atoms with E-state index in [1.54, 1.807) is 13.8 Å². The molecule has 0 fully saturated rings. The third kappa shape index (κ3) is 6.46. The van der Waals surface area contributed by atoms with Crippen LogP contribution < -0.4 is 15.5 Å². The van der Waals surface area contributed by atoms with E-state index in [4.69, 9.17) is 0 Å². The Morgan fingerprint density at radius 1 is 1.19 bits per heavy atom. The Bertz CT molecular complexity index is 516. The van der Waals surface area contributed by atoms with E-state index in [9.17, 15) is 18.4 Å². The molecule has 0 aliphatic carbocycles. The summed E-state index contributed by atoms with van der Waals surface area (Å²) in [6, 6.07) is 5.46. The Kier molecular flexibility index (Phi) is 6.25. The molecule has 0 spiro atoms. The predicted octanol–water partition coefficient (Wildman–Crippen LogP) is 1.26. The molecule has 8 heteroatoms. The van der Waals surface area contributed by atoms with Crippen LogP contribution in [-0.4, -0.2) is 30.7 Å². The average molecular weight is 299 g/mol. The van der Waals surface area contributed by atoms with Gasteiger partial charge in [-0.25, -0.2) is 5.43 Å². The van der Waals surface area contributed by atoms with Gasteiger partial charge in [-0.15, -0.1) is 0 Å². The van der Waals surface area contributed by atoms with Crippen LogP contribution in [0.5, 0.6) is 5.75 Å². The van der Waals surface area contributed by atoms with Crippen molar-refractivity contribution in [3.05, 3.63) is 29.8 Å². The average Bonchev–Trinajstić information content (AvgIpc) is 2.39. The van der Waals surface area contributed by atoms with Gasteiger partial charge in [-0.3, -0.25) is 9.59 Å². The van der Waals surface area contributed by atoms with Crippen LogP contribution in [0.3, 0.4) is 0 Å². The Morgan fingerprint density at radius 2 is 1.81 bits per heavy atom. The molecule has 0 atom stereocenters. The lowest BCUT2D eigenvalue weighted by Gasteiger charge is -2.06. The molecule has 0 saturated carbocycles. The number of hydrogen-bond acceptors (Lipinski definition) is 4. The highest BCUT2D eigenvalue weighted by Crippen LogP contribution is 2.13. The molecule has 6 nitrogen and oxygen atoms in total. The van der Waals surface area contributed by atoms with Crippen LogP contribution in [0.4, 0.5) is 8.78 Å². The maximum atomic E-state index is 11.9. The lowest BCUT2D eigenvalue weighted by atomic mass is 10.2. The monoisotopic (exact) mass is 299 g/mol. The molecule has 1 aromatic rings. The highest BCUT2D eigenvalue weighted by atomic mass is 19.3. The van der Waals surface area contributed by atoms with Gasteiger partial charge in [-0.2, -0.15) is 13.9 Å². The van der Waals surface area contributed by atoms with Crippen LogP contribution in [0.15, 0.2) is 29.4 Å². The SMILES string of the molecule is CC(C)NC(=O)C(=O)N/N=C\c1ccc(OC(F)F)cc1. The molecular formula is C13H15F2N3O3. The number of alkyl halides is 2. The number of nitrogens with zero attached hydrogens (tertiary/aromatic N) is 1. The number of benzene rings is 1. The first-order valence-electron chi connectivity index (χ1n) is 6.07. The summed E-state index contributed by atoms with van der Waals surface area (Å²) in [7, 11) is 0. The van der Waals surface area contributed by atoms with Crippen LogP contribution in [0, 0.1) is 0 Å². The number of hydrazone groups is 1. The molecule has 21 heavy (non-hydrogen) atoms. The normalized spacial score (nSPS) is 11.0.